The highest BCUT2D eigenvalue weighted by Crippen LogP contribution is 2.31. The van der Waals surface area contributed by atoms with Crippen LogP contribution in [0.2, 0.25) is 0 Å². The van der Waals surface area contributed by atoms with E-state index in [0.717, 1.165) is 16.3 Å². The molecule has 0 bridgehead atoms. The minimum atomic E-state index is -3.10. The lowest BCUT2D eigenvalue weighted by Crippen LogP contribution is -2.43. The first kappa shape index (κ1) is 21.2. The predicted molar refractivity (Wildman–Crippen MR) is 114 cm³/mol. The summed E-state index contributed by atoms with van der Waals surface area (Å²) in [6.45, 7) is -1.31. The van der Waals surface area contributed by atoms with Gasteiger partial charge in [-0.05, 0) is 36.4 Å². The fraction of sp³-hybridized carbons (Fsp3) is 0.217. The molecule has 2 heterocycles. The van der Waals surface area contributed by atoms with E-state index in [1.54, 1.807) is 18.2 Å². The maximum absolute atomic E-state index is 13.6. The Balaban J connectivity index is 1.46. The third-order valence-corrected chi connectivity index (χ3v) is 5.19. The van der Waals surface area contributed by atoms with E-state index in [1.165, 1.54) is 12.3 Å². The summed E-state index contributed by atoms with van der Waals surface area (Å²) in [5.41, 5.74) is 2.58. The molecule has 162 valence electrons. The molecule has 0 saturated carbocycles. The van der Waals surface area contributed by atoms with Crippen molar-refractivity contribution >= 4 is 34.1 Å². The minimum absolute atomic E-state index is 0.303. The standard InChI is InChI=1S/C23H19F2N5O2/c24-23(25)11-17(12-26)30(14-23)21(31)13-28-22(32)19-8-9-27-20-10-16(6-7-18(19)20)29-15-4-2-1-3-5-15/h1-10,17,29H,11,13-14H2,(H,28,32)/t17-/m0/s1. The molecule has 0 spiro atoms. The van der Waals surface area contributed by atoms with E-state index >= 15 is 0 Å². The molecule has 2 amide bonds. The summed E-state index contributed by atoms with van der Waals surface area (Å²) in [5, 5.41) is 15.3. The lowest BCUT2D eigenvalue weighted by atomic mass is 10.1. The van der Waals surface area contributed by atoms with Crippen LogP contribution in [0.15, 0.2) is 60.8 Å². The molecule has 32 heavy (non-hydrogen) atoms. The maximum atomic E-state index is 13.6. The van der Waals surface area contributed by atoms with Gasteiger partial charge in [-0.15, -0.1) is 0 Å². The first-order chi connectivity index (χ1) is 15.4. The van der Waals surface area contributed by atoms with Crippen LogP contribution in [-0.2, 0) is 4.79 Å². The van der Waals surface area contributed by atoms with E-state index in [-0.39, 0.29) is 0 Å². The Morgan fingerprint density at radius 2 is 1.94 bits per heavy atom. The van der Waals surface area contributed by atoms with Gasteiger partial charge in [0.25, 0.3) is 11.8 Å². The summed E-state index contributed by atoms with van der Waals surface area (Å²) in [6.07, 6.45) is 0.787. The van der Waals surface area contributed by atoms with Crippen LogP contribution in [0.25, 0.3) is 10.9 Å². The fourth-order valence-corrected chi connectivity index (χ4v) is 3.66. The first-order valence-electron chi connectivity index (χ1n) is 9.92. The molecule has 1 fully saturated rings. The molecule has 1 atom stereocenters. The van der Waals surface area contributed by atoms with Gasteiger partial charge in [0.15, 0.2) is 0 Å². The van der Waals surface area contributed by atoms with Crippen molar-refractivity contribution in [2.45, 2.75) is 18.4 Å². The summed E-state index contributed by atoms with van der Waals surface area (Å²) < 4.78 is 27.1. The number of hydrogen-bond acceptors (Lipinski definition) is 5. The van der Waals surface area contributed by atoms with Gasteiger partial charge in [-0.3, -0.25) is 14.6 Å². The molecule has 1 aromatic heterocycles. The normalized spacial score (nSPS) is 17.0. The minimum Gasteiger partial charge on any atom is -0.355 e. The summed E-state index contributed by atoms with van der Waals surface area (Å²) in [4.78, 5) is 30.1. The van der Waals surface area contributed by atoms with Crippen LogP contribution in [0.5, 0.6) is 0 Å². The number of nitrogens with one attached hydrogen (secondary N) is 2. The fourth-order valence-electron chi connectivity index (χ4n) is 3.66. The zero-order valence-corrected chi connectivity index (χ0v) is 16.9. The Hall–Kier alpha value is -4.06. The third-order valence-electron chi connectivity index (χ3n) is 5.19. The van der Waals surface area contributed by atoms with Gasteiger partial charge >= 0.3 is 0 Å². The van der Waals surface area contributed by atoms with Crippen LogP contribution in [0.4, 0.5) is 20.2 Å². The Labute approximate surface area is 182 Å². The van der Waals surface area contributed by atoms with Gasteiger partial charge in [0.2, 0.25) is 5.91 Å². The highest BCUT2D eigenvalue weighted by Gasteiger charge is 2.47. The third kappa shape index (κ3) is 4.49. The second-order valence-electron chi connectivity index (χ2n) is 7.49. The number of benzene rings is 2. The summed E-state index contributed by atoms with van der Waals surface area (Å²) in [5.74, 6) is -4.36. The van der Waals surface area contributed by atoms with E-state index in [9.17, 15) is 18.4 Å². The topological polar surface area (TPSA) is 98.1 Å². The van der Waals surface area contributed by atoms with Gasteiger partial charge in [0, 0.05) is 29.4 Å². The van der Waals surface area contributed by atoms with Gasteiger partial charge in [-0.25, -0.2) is 8.78 Å². The van der Waals surface area contributed by atoms with Crippen LogP contribution >= 0.6 is 0 Å². The van der Waals surface area contributed by atoms with E-state index in [2.05, 4.69) is 15.6 Å². The van der Waals surface area contributed by atoms with Crippen LogP contribution < -0.4 is 10.6 Å². The lowest BCUT2D eigenvalue weighted by molar-refractivity contribution is -0.131. The van der Waals surface area contributed by atoms with Crippen molar-refractivity contribution in [2.24, 2.45) is 0 Å². The zero-order chi connectivity index (χ0) is 22.7. The molecule has 1 saturated heterocycles. The molecule has 0 unspecified atom stereocenters. The van der Waals surface area contributed by atoms with Gasteiger partial charge in [-0.1, -0.05) is 18.2 Å². The number of amides is 2. The molecule has 9 heteroatoms. The van der Waals surface area contributed by atoms with Gasteiger partial charge in [0.1, 0.15) is 6.04 Å². The van der Waals surface area contributed by atoms with Crippen molar-refractivity contribution in [1.82, 2.24) is 15.2 Å². The van der Waals surface area contributed by atoms with Crippen molar-refractivity contribution in [3.05, 3.63) is 66.4 Å². The number of pyridine rings is 1. The van der Waals surface area contributed by atoms with Gasteiger partial charge in [0.05, 0.1) is 30.2 Å². The number of aromatic nitrogens is 1. The number of carbonyl (C=O) groups is 2. The molecular formula is C23H19F2N5O2. The molecular weight excluding hydrogens is 416 g/mol. The molecule has 1 aliphatic heterocycles. The van der Waals surface area contributed by atoms with Crippen molar-refractivity contribution in [2.75, 3.05) is 18.4 Å². The van der Waals surface area contributed by atoms with Gasteiger partial charge < -0.3 is 15.5 Å². The summed E-state index contributed by atoms with van der Waals surface area (Å²) in [6, 6.07) is 17.0. The average Bonchev–Trinajstić information content (AvgIpc) is 3.12. The Bertz CT molecular complexity index is 1210. The SMILES string of the molecule is N#C[C@@H]1CC(F)(F)CN1C(=O)CNC(=O)c1ccnc2cc(Nc3ccccc3)ccc12. The van der Waals surface area contributed by atoms with Gasteiger partial charge in [-0.2, -0.15) is 5.26 Å². The molecule has 1 aliphatic rings. The number of likely N-dealkylation sites (tertiary alicyclic amines) is 1. The number of fused-ring (bicyclic) bond motifs is 1. The largest absolute Gasteiger partial charge is 0.355 e. The van der Waals surface area contributed by atoms with Crippen LogP contribution in [-0.4, -0.2) is 46.8 Å². The monoisotopic (exact) mass is 435 g/mol. The second-order valence-corrected chi connectivity index (χ2v) is 7.49. The number of hydrogen-bond donors (Lipinski definition) is 2. The number of para-hydroxylation sites is 1. The molecule has 2 N–H and O–H groups in total. The smallest absolute Gasteiger partial charge is 0.268 e. The highest BCUT2D eigenvalue weighted by atomic mass is 19.3. The molecule has 4 rings (SSSR count). The highest BCUT2D eigenvalue weighted by molar-refractivity contribution is 6.07. The quantitative estimate of drug-likeness (QED) is 0.640. The number of nitrogens with zero attached hydrogens (tertiary/aromatic N) is 3. The number of rotatable bonds is 5. The predicted octanol–water partition coefficient (Wildman–Crippen LogP) is 3.47. The average molecular weight is 435 g/mol. The number of alkyl halides is 2. The van der Waals surface area contributed by atoms with E-state index in [4.69, 9.17) is 5.26 Å². The number of halogens is 2. The van der Waals surface area contributed by atoms with Crippen LogP contribution in [0, 0.1) is 11.3 Å². The van der Waals surface area contributed by atoms with Crippen molar-refractivity contribution in [3.8, 4) is 6.07 Å². The van der Waals surface area contributed by atoms with E-state index < -0.39 is 43.3 Å². The Morgan fingerprint density at radius 3 is 2.69 bits per heavy atom. The Kier molecular flexibility index (Phi) is 5.69. The maximum Gasteiger partial charge on any atom is 0.268 e. The van der Waals surface area contributed by atoms with Crippen LogP contribution in [0.3, 0.4) is 0 Å². The Morgan fingerprint density at radius 1 is 1.16 bits per heavy atom. The molecule has 0 radical (unpaired) electrons. The van der Waals surface area contributed by atoms with Crippen LogP contribution in [0.1, 0.15) is 16.8 Å². The van der Waals surface area contributed by atoms with Crippen molar-refractivity contribution in [1.29, 1.82) is 5.26 Å². The second kappa shape index (κ2) is 8.59. The van der Waals surface area contributed by atoms with Crippen molar-refractivity contribution in [3.63, 3.8) is 0 Å². The summed E-state index contributed by atoms with van der Waals surface area (Å²) in [7, 11) is 0. The molecule has 2 aromatic carbocycles. The lowest BCUT2D eigenvalue weighted by Gasteiger charge is -2.19. The molecule has 7 nitrogen and oxygen atoms in total. The number of nitriles is 1. The van der Waals surface area contributed by atoms with E-state index in [0.29, 0.717) is 16.5 Å². The summed E-state index contributed by atoms with van der Waals surface area (Å²) >= 11 is 0. The zero-order valence-electron chi connectivity index (χ0n) is 16.9. The molecule has 0 aliphatic carbocycles. The number of carbonyl (C=O) groups excluding carboxylic acids is 2. The first-order valence-corrected chi connectivity index (χ1v) is 9.92. The number of anilines is 2. The van der Waals surface area contributed by atoms with Crippen molar-refractivity contribution < 1.29 is 18.4 Å². The van der Waals surface area contributed by atoms with E-state index in [1.807, 2.05) is 36.4 Å². The molecule has 3 aromatic rings.